The zero-order valence-electron chi connectivity index (χ0n) is 31.9. The lowest BCUT2D eigenvalue weighted by atomic mass is 10.0. The van der Waals surface area contributed by atoms with E-state index in [-0.39, 0.29) is 11.9 Å². The summed E-state index contributed by atoms with van der Waals surface area (Å²) in [5.41, 5.74) is 0. The van der Waals surface area contributed by atoms with Crippen LogP contribution in [0.2, 0.25) is 0 Å². The third-order valence-electron chi connectivity index (χ3n) is 9.42. The Bertz CT molecular complexity index is 574. The molecular weight excluding hydrogens is 601 g/mol. The van der Waals surface area contributed by atoms with E-state index < -0.39 is 0 Å². The molecule has 0 spiro atoms. The van der Waals surface area contributed by atoms with Gasteiger partial charge in [0.25, 0.3) is 0 Å². The number of carbonyl (C=O) groups excluding carboxylic acids is 2. The van der Waals surface area contributed by atoms with Gasteiger partial charge in [0.2, 0.25) is 0 Å². The first-order chi connectivity index (χ1) is 23.2. The molecule has 0 aliphatic rings. The number of hydrogen-bond acceptors (Lipinski definition) is 5. The molecule has 0 aromatic heterocycles. The zero-order chi connectivity index (χ0) is 34.1. The molecule has 0 unspecified atom stereocenters. The second-order valence-electron chi connectivity index (χ2n) is 14.2. The molecule has 0 atom stereocenters. The molecule has 0 heterocycles. The zero-order valence-corrected chi connectivity index (χ0v) is 32.7. The van der Waals surface area contributed by atoms with Crippen LogP contribution in [0.4, 0.5) is 0 Å². The first-order valence-corrected chi connectivity index (χ1v) is 22.2. The Morgan fingerprint density at radius 2 is 0.553 bits per heavy atom. The van der Waals surface area contributed by atoms with E-state index in [9.17, 15) is 9.59 Å². The second-order valence-corrected chi connectivity index (χ2v) is 15.4. The van der Waals surface area contributed by atoms with Crippen molar-refractivity contribution in [2.75, 3.05) is 24.7 Å². The number of esters is 2. The SMILES string of the molecule is CCCCCCCCCCCCCCCCCCOC(=O)CCSCCC(=O)OCCCCCCCCCCCCCCCCCC. The summed E-state index contributed by atoms with van der Waals surface area (Å²) in [5, 5.41) is 0. The second kappa shape index (κ2) is 41.5. The summed E-state index contributed by atoms with van der Waals surface area (Å²) in [7, 11) is 0. The maximum absolute atomic E-state index is 12.0. The van der Waals surface area contributed by atoms with Crippen LogP contribution in [0.5, 0.6) is 0 Å². The Morgan fingerprint density at radius 3 is 0.787 bits per heavy atom. The average Bonchev–Trinajstić information content (AvgIpc) is 3.07. The summed E-state index contributed by atoms with van der Waals surface area (Å²) in [4.78, 5) is 23.9. The number of carbonyl (C=O) groups is 2. The third-order valence-corrected chi connectivity index (χ3v) is 10.4. The van der Waals surface area contributed by atoms with E-state index in [1.54, 1.807) is 11.8 Å². The normalized spacial score (nSPS) is 11.3. The highest BCUT2D eigenvalue weighted by molar-refractivity contribution is 7.99. The van der Waals surface area contributed by atoms with E-state index in [4.69, 9.17) is 9.47 Å². The minimum atomic E-state index is -0.107. The van der Waals surface area contributed by atoms with Crippen LogP contribution in [-0.2, 0) is 19.1 Å². The molecule has 0 aromatic carbocycles. The minimum absolute atomic E-state index is 0.107. The predicted molar refractivity (Wildman–Crippen MR) is 208 cm³/mol. The fourth-order valence-corrected chi connectivity index (χ4v) is 7.06. The van der Waals surface area contributed by atoms with Gasteiger partial charge in [0.1, 0.15) is 0 Å². The van der Waals surface area contributed by atoms with Crippen LogP contribution in [0.25, 0.3) is 0 Å². The van der Waals surface area contributed by atoms with Crippen molar-refractivity contribution in [3.05, 3.63) is 0 Å². The van der Waals surface area contributed by atoms with Crippen LogP contribution in [-0.4, -0.2) is 36.7 Å². The molecule has 0 aliphatic heterocycles. The van der Waals surface area contributed by atoms with Crippen LogP contribution in [0.15, 0.2) is 0 Å². The fourth-order valence-electron chi connectivity index (χ4n) is 6.23. The highest BCUT2D eigenvalue weighted by atomic mass is 32.2. The van der Waals surface area contributed by atoms with Gasteiger partial charge in [-0.15, -0.1) is 0 Å². The number of hydrogen-bond donors (Lipinski definition) is 0. The molecule has 0 N–H and O–H groups in total. The Balaban J connectivity index is 3.24. The van der Waals surface area contributed by atoms with Crippen molar-refractivity contribution < 1.29 is 19.1 Å². The van der Waals surface area contributed by atoms with Crippen molar-refractivity contribution in [1.82, 2.24) is 0 Å². The Labute approximate surface area is 298 Å². The van der Waals surface area contributed by atoms with E-state index in [0.717, 1.165) is 25.7 Å². The Kier molecular flexibility index (Phi) is 40.8. The Morgan fingerprint density at radius 1 is 0.340 bits per heavy atom. The van der Waals surface area contributed by atoms with Gasteiger partial charge in [-0.2, -0.15) is 11.8 Å². The first-order valence-electron chi connectivity index (χ1n) is 21.1. The lowest BCUT2D eigenvalue weighted by Gasteiger charge is -2.06. The van der Waals surface area contributed by atoms with Gasteiger partial charge in [-0.1, -0.05) is 206 Å². The molecule has 0 radical (unpaired) electrons. The third kappa shape index (κ3) is 41.4. The maximum Gasteiger partial charge on any atom is 0.306 e. The standard InChI is InChI=1S/C42H82O4S/c1-3-5-7-9-11-13-15-17-19-21-23-25-27-29-31-33-37-45-41(43)35-39-47-40-36-42(44)46-38-34-32-30-28-26-24-22-20-18-16-14-12-10-8-6-4-2/h3-40H2,1-2H3. The van der Waals surface area contributed by atoms with E-state index in [0.29, 0.717) is 37.6 Å². The van der Waals surface area contributed by atoms with E-state index in [1.807, 2.05) is 0 Å². The molecule has 0 saturated carbocycles. The smallest absolute Gasteiger partial charge is 0.306 e. The topological polar surface area (TPSA) is 52.6 Å². The summed E-state index contributed by atoms with van der Waals surface area (Å²) < 4.78 is 10.8. The average molecular weight is 683 g/mol. The van der Waals surface area contributed by atoms with E-state index >= 15 is 0 Å². The molecule has 0 rings (SSSR count). The summed E-state index contributed by atoms with van der Waals surface area (Å²) >= 11 is 1.64. The van der Waals surface area contributed by atoms with Gasteiger partial charge < -0.3 is 9.47 Å². The largest absolute Gasteiger partial charge is 0.466 e. The van der Waals surface area contributed by atoms with Gasteiger partial charge in [-0.05, 0) is 12.8 Å². The first kappa shape index (κ1) is 46.3. The monoisotopic (exact) mass is 683 g/mol. The molecule has 47 heavy (non-hydrogen) atoms. The fraction of sp³-hybridized carbons (Fsp3) is 0.952. The van der Waals surface area contributed by atoms with Crippen molar-refractivity contribution >= 4 is 23.7 Å². The van der Waals surface area contributed by atoms with Crippen molar-refractivity contribution in [2.24, 2.45) is 0 Å². The summed E-state index contributed by atoms with van der Waals surface area (Å²) in [6.45, 7) is 5.67. The number of thioether (sulfide) groups is 1. The van der Waals surface area contributed by atoms with Gasteiger partial charge in [-0.25, -0.2) is 0 Å². The molecule has 0 bridgehead atoms. The van der Waals surface area contributed by atoms with Crippen molar-refractivity contribution in [2.45, 2.75) is 232 Å². The number of ether oxygens (including phenoxy) is 2. The van der Waals surface area contributed by atoms with Crippen LogP contribution >= 0.6 is 11.8 Å². The number of unbranched alkanes of at least 4 members (excludes halogenated alkanes) is 30. The molecular formula is C42H82O4S. The minimum Gasteiger partial charge on any atom is -0.466 e. The van der Waals surface area contributed by atoms with Crippen LogP contribution in [0.1, 0.15) is 232 Å². The summed E-state index contributed by atoms with van der Waals surface area (Å²) in [5.74, 6) is 1.21. The van der Waals surface area contributed by atoms with Crippen LogP contribution in [0, 0.1) is 0 Å². The van der Waals surface area contributed by atoms with Gasteiger partial charge >= 0.3 is 11.9 Å². The predicted octanol–water partition coefficient (Wildman–Crippen LogP) is 14.1. The molecule has 0 aromatic rings. The molecule has 0 aliphatic carbocycles. The highest BCUT2D eigenvalue weighted by Gasteiger charge is 2.06. The molecule has 5 heteroatoms. The summed E-state index contributed by atoms with van der Waals surface area (Å²) in [6, 6.07) is 0. The van der Waals surface area contributed by atoms with Gasteiger partial charge in [0, 0.05) is 11.5 Å². The van der Waals surface area contributed by atoms with Crippen LogP contribution < -0.4 is 0 Å². The lowest BCUT2D eigenvalue weighted by molar-refractivity contribution is -0.144. The van der Waals surface area contributed by atoms with Gasteiger partial charge in [-0.3, -0.25) is 9.59 Å². The number of rotatable bonds is 40. The van der Waals surface area contributed by atoms with E-state index in [1.165, 1.54) is 180 Å². The van der Waals surface area contributed by atoms with E-state index in [2.05, 4.69) is 13.8 Å². The van der Waals surface area contributed by atoms with Gasteiger partial charge in [0.15, 0.2) is 0 Å². The molecule has 0 amide bonds. The van der Waals surface area contributed by atoms with Crippen molar-refractivity contribution in [1.29, 1.82) is 0 Å². The molecule has 0 fully saturated rings. The molecule has 0 saturated heterocycles. The van der Waals surface area contributed by atoms with Crippen LogP contribution in [0.3, 0.4) is 0 Å². The van der Waals surface area contributed by atoms with Crippen molar-refractivity contribution in [3.63, 3.8) is 0 Å². The maximum atomic E-state index is 12.0. The lowest BCUT2D eigenvalue weighted by Crippen LogP contribution is -2.09. The molecule has 280 valence electrons. The highest BCUT2D eigenvalue weighted by Crippen LogP contribution is 2.15. The summed E-state index contributed by atoms with van der Waals surface area (Å²) in [6.07, 6.45) is 44.0. The molecule has 4 nitrogen and oxygen atoms in total. The quantitative estimate of drug-likeness (QED) is 0.0475. The van der Waals surface area contributed by atoms with Crippen molar-refractivity contribution in [3.8, 4) is 0 Å². The Hall–Kier alpha value is -0.710. The van der Waals surface area contributed by atoms with Gasteiger partial charge in [0.05, 0.1) is 26.1 Å².